The number of hydrogen-bond donors (Lipinski definition) is 1. The molecule has 1 heterocycles. The normalized spacial score (nSPS) is 28.2. The molecular weight excluding hydrogens is 244 g/mol. The third-order valence-electron chi connectivity index (χ3n) is 3.98. The van der Waals surface area contributed by atoms with E-state index in [0.717, 1.165) is 30.4 Å². The number of hydrogen-bond acceptors (Lipinski definition) is 4. The molecule has 2 aliphatic rings. The van der Waals surface area contributed by atoms with E-state index in [-0.39, 0.29) is 6.61 Å². The second-order valence-corrected chi connectivity index (χ2v) is 5.17. The third kappa shape index (κ3) is 1.82. The summed E-state index contributed by atoms with van der Waals surface area (Å²) < 4.78 is 10.7. The molecule has 0 aromatic heterocycles. The molecule has 0 saturated carbocycles. The van der Waals surface area contributed by atoms with Crippen molar-refractivity contribution in [1.82, 2.24) is 0 Å². The lowest BCUT2D eigenvalue weighted by Crippen LogP contribution is -2.44. The van der Waals surface area contributed by atoms with Crippen LogP contribution >= 0.6 is 0 Å². The average Bonchev–Trinajstić information content (AvgIpc) is 2.58. The van der Waals surface area contributed by atoms with Crippen LogP contribution in [0.3, 0.4) is 0 Å². The van der Waals surface area contributed by atoms with E-state index < -0.39 is 17.7 Å². The largest absolute Gasteiger partial charge is 0.475 e. The number of esters is 1. The summed E-state index contributed by atoms with van der Waals surface area (Å²) in [6.07, 6.45) is 2.44. The molecule has 0 unspecified atom stereocenters. The molecule has 19 heavy (non-hydrogen) atoms. The van der Waals surface area contributed by atoms with Crippen LogP contribution in [0.15, 0.2) is 18.2 Å². The van der Waals surface area contributed by atoms with Gasteiger partial charge in [0.25, 0.3) is 0 Å². The summed E-state index contributed by atoms with van der Waals surface area (Å²) in [6, 6.07) is 5.73. The molecule has 1 aromatic rings. The van der Waals surface area contributed by atoms with Gasteiger partial charge in [-0.3, -0.25) is 0 Å². The van der Waals surface area contributed by atoms with Crippen molar-refractivity contribution >= 4 is 5.97 Å². The van der Waals surface area contributed by atoms with Crippen LogP contribution in [0, 0.1) is 0 Å². The Labute approximate surface area is 112 Å². The summed E-state index contributed by atoms with van der Waals surface area (Å²) in [4.78, 5) is 12.0. The predicted octanol–water partition coefficient (Wildman–Crippen LogP) is 1.92. The maximum Gasteiger partial charge on any atom is 0.350 e. The Hall–Kier alpha value is -1.55. The highest BCUT2D eigenvalue weighted by Gasteiger charge is 2.53. The minimum absolute atomic E-state index is 0.290. The minimum Gasteiger partial charge on any atom is -0.475 e. The van der Waals surface area contributed by atoms with Gasteiger partial charge in [0, 0.05) is 5.56 Å². The van der Waals surface area contributed by atoms with Gasteiger partial charge in [0.05, 0.1) is 6.61 Å². The molecule has 2 atom stereocenters. The van der Waals surface area contributed by atoms with Gasteiger partial charge < -0.3 is 14.6 Å². The molecule has 0 spiro atoms. The van der Waals surface area contributed by atoms with Crippen molar-refractivity contribution in [1.29, 1.82) is 0 Å². The number of benzene rings is 1. The molecular formula is C15H18O4. The molecule has 4 heteroatoms. The second-order valence-electron chi connectivity index (χ2n) is 5.17. The quantitative estimate of drug-likeness (QED) is 0.827. The monoisotopic (exact) mass is 262 g/mol. The van der Waals surface area contributed by atoms with Crippen LogP contribution in [-0.2, 0) is 21.6 Å². The summed E-state index contributed by atoms with van der Waals surface area (Å²) in [5.74, 6) is 0.147. The van der Waals surface area contributed by atoms with E-state index >= 15 is 0 Å². The highest BCUT2D eigenvalue weighted by molar-refractivity contribution is 5.79. The standard InChI is InChI=1S/C15H18O4/c1-2-18-14(16)13-15(17)9-4-3-6-10-7-5-8-11(19-13)12(10)15/h5,7-8,13,17H,2-4,6,9H2,1H3/t13-,15-/m0/s1. The van der Waals surface area contributed by atoms with Crippen molar-refractivity contribution in [2.24, 2.45) is 0 Å². The maximum atomic E-state index is 12.0. The van der Waals surface area contributed by atoms with E-state index in [1.807, 2.05) is 18.2 Å². The van der Waals surface area contributed by atoms with Gasteiger partial charge >= 0.3 is 5.97 Å². The number of carbonyl (C=O) groups excluding carboxylic acids is 1. The SMILES string of the molecule is CCOC(=O)[C@@H]1Oc2cccc3c2[C@@]1(O)CCCC3. The zero-order valence-corrected chi connectivity index (χ0v) is 11.0. The fraction of sp³-hybridized carbons (Fsp3) is 0.533. The van der Waals surface area contributed by atoms with E-state index in [0.29, 0.717) is 12.2 Å². The molecule has 4 nitrogen and oxygen atoms in total. The average molecular weight is 262 g/mol. The second kappa shape index (κ2) is 4.53. The Bertz CT molecular complexity index is 511. The lowest BCUT2D eigenvalue weighted by Gasteiger charge is -2.27. The van der Waals surface area contributed by atoms with Crippen molar-refractivity contribution < 1.29 is 19.4 Å². The number of carbonyl (C=O) groups is 1. The van der Waals surface area contributed by atoms with Gasteiger partial charge in [-0.15, -0.1) is 0 Å². The molecule has 1 aliphatic carbocycles. The Morgan fingerprint density at radius 2 is 2.37 bits per heavy atom. The van der Waals surface area contributed by atoms with Crippen molar-refractivity contribution in [3.8, 4) is 5.75 Å². The maximum absolute atomic E-state index is 12.0. The van der Waals surface area contributed by atoms with Crippen LogP contribution < -0.4 is 4.74 Å². The molecule has 102 valence electrons. The van der Waals surface area contributed by atoms with Crippen LogP contribution in [0.2, 0.25) is 0 Å². The number of ether oxygens (including phenoxy) is 2. The number of aryl methyl sites for hydroxylation is 1. The molecule has 1 aromatic carbocycles. The molecule has 0 saturated heterocycles. The van der Waals surface area contributed by atoms with E-state index in [4.69, 9.17) is 9.47 Å². The summed E-state index contributed by atoms with van der Waals surface area (Å²) in [5.41, 5.74) is 0.657. The van der Waals surface area contributed by atoms with Crippen molar-refractivity contribution in [2.75, 3.05) is 6.61 Å². The van der Waals surface area contributed by atoms with Crippen molar-refractivity contribution in [3.05, 3.63) is 29.3 Å². The van der Waals surface area contributed by atoms with Crippen LogP contribution in [0.25, 0.3) is 0 Å². The Balaban J connectivity index is 2.06. The summed E-state index contributed by atoms with van der Waals surface area (Å²) in [6.45, 7) is 2.04. The number of aliphatic hydroxyl groups is 1. The van der Waals surface area contributed by atoms with Crippen molar-refractivity contribution in [3.63, 3.8) is 0 Å². The molecule has 3 rings (SSSR count). The fourth-order valence-corrected chi connectivity index (χ4v) is 3.16. The van der Waals surface area contributed by atoms with Crippen molar-refractivity contribution in [2.45, 2.75) is 44.3 Å². The smallest absolute Gasteiger partial charge is 0.350 e. The van der Waals surface area contributed by atoms with Gasteiger partial charge in [-0.05, 0) is 44.2 Å². The summed E-state index contributed by atoms with van der Waals surface area (Å²) in [7, 11) is 0. The fourth-order valence-electron chi connectivity index (χ4n) is 3.16. The van der Waals surface area contributed by atoms with Crippen LogP contribution in [0.1, 0.15) is 37.3 Å². The lowest BCUT2D eigenvalue weighted by molar-refractivity contribution is -0.163. The van der Waals surface area contributed by atoms with Gasteiger partial charge in [-0.2, -0.15) is 0 Å². The predicted molar refractivity (Wildman–Crippen MR) is 68.9 cm³/mol. The Morgan fingerprint density at radius 3 is 3.16 bits per heavy atom. The summed E-state index contributed by atoms with van der Waals surface area (Å²) in [5, 5.41) is 11.0. The van der Waals surface area contributed by atoms with E-state index in [9.17, 15) is 9.90 Å². The first-order valence-electron chi connectivity index (χ1n) is 6.85. The minimum atomic E-state index is -1.23. The topological polar surface area (TPSA) is 55.8 Å². The zero-order chi connectivity index (χ0) is 13.5. The van der Waals surface area contributed by atoms with Gasteiger partial charge in [-0.1, -0.05) is 12.1 Å². The van der Waals surface area contributed by atoms with E-state index in [2.05, 4.69) is 0 Å². The molecule has 0 radical (unpaired) electrons. The molecule has 0 fully saturated rings. The molecule has 1 N–H and O–H groups in total. The first-order valence-corrected chi connectivity index (χ1v) is 6.85. The highest BCUT2D eigenvalue weighted by atomic mass is 16.6. The van der Waals surface area contributed by atoms with Crippen LogP contribution in [0.4, 0.5) is 0 Å². The summed E-state index contributed by atoms with van der Waals surface area (Å²) >= 11 is 0. The van der Waals surface area contributed by atoms with E-state index in [1.165, 1.54) is 0 Å². The van der Waals surface area contributed by atoms with Gasteiger partial charge in [-0.25, -0.2) is 4.79 Å². The zero-order valence-electron chi connectivity index (χ0n) is 11.0. The van der Waals surface area contributed by atoms with Gasteiger partial charge in [0.15, 0.2) is 0 Å². The van der Waals surface area contributed by atoms with E-state index in [1.54, 1.807) is 6.92 Å². The van der Waals surface area contributed by atoms with Gasteiger partial charge in [0.2, 0.25) is 6.10 Å². The Morgan fingerprint density at radius 1 is 1.53 bits per heavy atom. The first-order chi connectivity index (χ1) is 9.16. The van der Waals surface area contributed by atoms with Crippen LogP contribution in [-0.4, -0.2) is 23.8 Å². The molecule has 1 aliphatic heterocycles. The molecule has 0 amide bonds. The Kier molecular flexibility index (Phi) is 2.97. The lowest BCUT2D eigenvalue weighted by atomic mass is 9.85. The third-order valence-corrected chi connectivity index (χ3v) is 3.98. The van der Waals surface area contributed by atoms with Crippen LogP contribution in [0.5, 0.6) is 5.75 Å². The highest BCUT2D eigenvalue weighted by Crippen LogP contribution is 2.48. The van der Waals surface area contributed by atoms with Gasteiger partial charge in [0.1, 0.15) is 11.4 Å². The number of rotatable bonds is 2. The first kappa shape index (κ1) is 12.5. The molecule has 0 bridgehead atoms.